The molecule has 2 atom stereocenters. The molecular formula is C23H18F3N3O4. The van der Waals surface area contributed by atoms with Gasteiger partial charge >= 0.3 is 12.1 Å². The van der Waals surface area contributed by atoms with Crippen molar-refractivity contribution in [3.8, 4) is 17.3 Å². The monoisotopic (exact) mass is 457 g/mol. The molecule has 1 saturated heterocycles. The van der Waals surface area contributed by atoms with Gasteiger partial charge in [-0.3, -0.25) is 4.79 Å². The van der Waals surface area contributed by atoms with E-state index >= 15 is 0 Å². The number of ether oxygens (including phenoxy) is 2. The summed E-state index contributed by atoms with van der Waals surface area (Å²) in [5.41, 5.74) is 1.03. The van der Waals surface area contributed by atoms with Crippen molar-refractivity contribution >= 4 is 28.0 Å². The number of benzene rings is 2. The number of fused-ring (bicyclic) bond motifs is 3. The molecule has 0 radical (unpaired) electrons. The lowest BCUT2D eigenvalue weighted by Gasteiger charge is -2.13. The molecule has 170 valence electrons. The summed E-state index contributed by atoms with van der Waals surface area (Å²) >= 11 is 0. The van der Waals surface area contributed by atoms with E-state index in [4.69, 9.17) is 13.9 Å². The predicted octanol–water partition coefficient (Wildman–Crippen LogP) is 4.34. The van der Waals surface area contributed by atoms with Crippen LogP contribution < -0.4 is 10.1 Å². The number of methoxy groups -OCH3 is 1. The van der Waals surface area contributed by atoms with Crippen molar-refractivity contribution in [2.45, 2.75) is 24.7 Å². The summed E-state index contributed by atoms with van der Waals surface area (Å²) in [6, 6.07) is 11.4. The van der Waals surface area contributed by atoms with Gasteiger partial charge in [-0.1, -0.05) is 24.3 Å². The summed E-state index contributed by atoms with van der Waals surface area (Å²) < 4.78 is 55.7. The summed E-state index contributed by atoms with van der Waals surface area (Å²) in [5, 5.41) is 3.77. The molecule has 33 heavy (non-hydrogen) atoms. The Morgan fingerprint density at radius 1 is 1.12 bits per heavy atom. The SMILES string of the molecule is COC(=O)[C@@H]1CC(Oc2nc(-c3ccc(C(F)(F)F)cc3)nc3c2oc2ccccc23)CN1. The quantitative estimate of drug-likeness (QED) is 0.456. The van der Waals surface area contributed by atoms with Crippen LogP contribution in [0.5, 0.6) is 5.88 Å². The van der Waals surface area contributed by atoms with Gasteiger partial charge in [-0.25, -0.2) is 4.98 Å². The van der Waals surface area contributed by atoms with Gasteiger partial charge in [0.2, 0.25) is 5.58 Å². The molecule has 10 heteroatoms. The van der Waals surface area contributed by atoms with Crippen molar-refractivity contribution in [1.29, 1.82) is 0 Å². The fraction of sp³-hybridized carbons (Fsp3) is 0.261. The smallest absolute Gasteiger partial charge is 0.416 e. The first kappa shape index (κ1) is 21.2. The molecule has 0 aliphatic carbocycles. The molecule has 7 nitrogen and oxygen atoms in total. The summed E-state index contributed by atoms with van der Waals surface area (Å²) in [5.74, 6) is -0.0280. The first-order valence-corrected chi connectivity index (χ1v) is 10.2. The van der Waals surface area contributed by atoms with Crippen molar-refractivity contribution in [2.24, 2.45) is 0 Å². The van der Waals surface area contributed by atoms with Crippen LogP contribution in [0.4, 0.5) is 13.2 Å². The predicted molar refractivity (Wildman–Crippen MR) is 113 cm³/mol. The minimum atomic E-state index is -4.44. The molecule has 1 N–H and O–H groups in total. The van der Waals surface area contributed by atoms with Crippen LogP contribution in [0.15, 0.2) is 52.9 Å². The van der Waals surface area contributed by atoms with E-state index in [2.05, 4.69) is 15.3 Å². The zero-order chi connectivity index (χ0) is 23.2. The maximum absolute atomic E-state index is 13.0. The molecule has 1 fully saturated rings. The topological polar surface area (TPSA) is 86.5 Å². The second-order valence-electron chi connectivity index (χ2n) is 7.66. The van der Waals surface area contributed by atoms with Gasteiger partial charge in [-0.05, 0) is 24.3 Å². The molecule has 0 spiro atoms. The first-order chi connectivity index (χ1) is 15.8. The lowest BCUT2D eigenvalue weighted by atomic mass is 10.1. The van der Waals surface area contributed by atoms with E-state index in [9.17, 15) is 18.0 Å². The highest BCUT2D eigenvalue weighted by atomic mass is 19.4. The lowest BCUT2D eigenvalue weighted by molar-refractivity contribution is -0.142. The first-order valence-electron chi connectivity index (χ1n) is 10.2. The van der Waals surface area contributed by atoms with Crippen molar-refractivity contribution < 1.29 is 31.9 Å². The maximum atomic E-state index is 13.0. The lowest BCUT2D eigenvalue weighted by Crippen LogP contribution is -2.31. The Kier molecular flexibility index (Phi) is 5.16. The second-order valence-corrected chi connectivity index (χ2v) is 7.66. The van der Waals surface area contributed by atoms with E-state index in [1.165, 1.54) is 19.2 Å². The van der Waals surface area contributed by atoms with Crippen molar-refractivity contribution in [2.75, 3.05) is 13.7 Å². The second kappa shape index (κ2) is 8.04. The average Bonchev–Trinajstić information content (AvgIpc) is 3.43. The number of carbonyl (C=O) groups excluding carboxylic acids is 1. The third kappa shape index (κ3) is 3.97. The third-order valence-corrected chi connectivity index (χ3v) is 5.51. The van der Waals surface area contributed by atoms with Crippen LogP contribution >= 0.6 is 0 Å². The normalized spacial score (nSPS) is 18.7. The molecular weight excluding hydrogens is 439 g/mol. The van der Waals surface area contributed by atoms with Crippen LogP contribution in [0.3, 0.4) is 0 Å². The molecule has 0 amide bonds. The molecule has 2 aromatic heterocycles. The molecule has 1 aliphatic rings. The van der Waals surface area contributed by atoms with Crippen molar-refractivity contribution in [3.05, 3.63) is 54.1 Å². The summed E-state index contributed by atoms with van der Waals surface area (Å²) in [6.07, 6.45) is -4.46. The summed E-state index contributed by atoms with van der Waals surface area (Å²) in [6.45, 7) is 0.390. The van der Waals surface area contributed by atoms with Crippen LogP contribution in [-0.4, -0.2) is 41.7 Å². The average molecular weight is 457 g/mol. The highest BCUT2D eigenvalue weighted by molar-refractivity contribution is 6.04. The van der Waals surface area contributed by atoms with E-state index in [0.29, 0.717) is 35.2 Å². The van der Waals surface area contributed by atoms with E-state index in [1.807, 2.05) is 18.2 Å². The fourth-order valence-corrected chi connectivity index (χ4v) is 3.86. The minimum absolute atomic E-state index is 0.156. The van der Waals surface area contributed by atoms with Crippen LogP contribution in [0.25, 0.3) is 33.5 Å². The number of aromatic nitrogens is 2. The number of para-hydroxylation sites is 1. The van der Waals surface area contributed by atoms with Crippen molar-refractivity contribution in [3.63, 3.8) is 0 Å². The number of rotatable bonds is 4. The summed E-state index contributed by atoms with van der Waals surface area (Å²) in [7, 11) is 1.32. The maximum Gasteiger partial charge on any atom is 0.416 e. The van der Waals surface area contributed by atoms with Gasteiger partial charge in [0.1, 0.15) is 23.2 Å². The van der Waals surface area contributed by atoms with E-state index in [0.717, 1.165) is 17.5 Å². The van der Waals surface area contributed by atoms with Gasteiger partial charge in [0.05, 0.1) is 12.7 Å². The third-order valence-electron chi connectivity index (χ3n) is 5.51. The number of nitrogens with zero attached hydrogens (tertiary/aromatic N) is 2. The van der Waals surface area contributed by atoms with Gasteiger partial charge in [-0.2, -0.15) is 18.2 Å². The van der Waals surface area contributed by atoms with Crippen LogP contribution in [0.1, 0.15) is 12.0 Å². The van der Waals surface area contributed by atoms with E-state index < -0.39 is 17.8 Å². The van der Waals surface area contributed by atoms with Crippen LogP contribution in [0, 0.1) is 0 Å². The standard InChI is InChI=1S/C23H18F3N3O4/c1-31-22(30)16-10-14(11-27-16)32-21-19-18(15-4-2-3-5-17(15)33-19)28-20(29-21)12-6-8-13(9-7-12)23(24,25)26/h2-9,14,16,27H,10-11H2,1H3/t14?,16-/m0/s1. The molecule has 0 bridgehead atoms. The van der Waals surface area contributed by atoms with Crippen molar-refractivity contribution in [1.82, 2.24) is 15.3 Å². The molecule has 0 saturated carbocycles. The molecule has 5 rings (SSSR count). The van der Waals surface area contributed by atoms with Gasteiger partial charge in [0.15, 0.2) is 5.82 Å². The number of hydrogen-bond acceptors (Lipinski definition) is 7. The van der Waals surface area contributed by atoms with Gasteiger partial charge in [0, 0.05) is 23.9 Å². The molecule has 2 aromatic carbocycles. The Balaban J connectivity index is 1.57. The number of esters is 1. The molecule has 1 aliphatic heterocycles. The van der Waals surface area contributed by atoms with Gasteiger partial charge < -0.3 is 19.2 Å². The van der Waals surface area contributed by atoms with Crippen LogP contribution in [0.2, 0.25) is 0 Å². The molecule has 1 unspecified atom stereocenters. The van der Waals surface area contributed by atoms with Gasteiger partial charge in [0.25, 0.3) is 5.88 Å². The highest BCUT2D eigenvalue weighted by Crippen LogP contribution is 2.36. The summed E-state index contributed by atoms with van der Waals surface area (Å²) in [4.78, 5) is 20.8. The number of hydrogen-bond donors (Lipinski definition) is 1. The highest BCUT2D eigenvalue weighted by Gasteiger charge is 2.33. The number of furan rings is 1. The minimum Gasteiger partial charge on any atom is -0.470 e. The number of halogens is 3. The van der Waals surface area contributed by atoms with E-state index in [-0.39, 0.29) is 23.8 Å². The zero-order valence-electron chi connectivity index (χ0n) is 17.3. The Hall–Kier alpha value is -3.66. The number of alkyl halides is 3. The molecule has 3 heterocycles. The zero-order valence-corrected chi connectivity index (χ0v) is 17.3. The largest absolute Gasteiger partial charge is 0.470 e. The Labute approximate surface area is 185 Å². The number of nitrogens with one attached hydrogen (secondary N) is 1. The fourth-order valence-electron chi connectivity index (χ4n) is 3.86. The van der Waals surface area contributed by atoms with Crippen LogP contribution in [-0.2, 0) is 15.7 Å². The number of carbonyl (C=O) groups is 1. The Morgan fingerprint density at radius 3 is 2.61 bits per heavy atom. The Bertz CT molecular complexity index is 1330. The molecule has 4 aromatic rings. The van der Waals surface area contributed by atoms with Gasteiger partial charge in [-0.15, -0.1) is 0 Å². The Morgan fingerprint density at radius 2 is 1.88 bits per heavy atom. The van der Waals surface area contributed by atoms with E-state index in [1.54, 1.807) is 6.07 Å².